The van der Waals surface area contributed by atoms with Crippen LogP contribution in [0.2, 0.25) is 0 Å². The van der Waals surface area contributed by atoms with E-state index in [1.165, 1.54) is 12.8 Å². The van der Waals surface area contributed by atoms with Crippen LogP contribution in [0.3, 0.4) is 0 Å². The van der Waals surface area contributed by atoms with E-state index in [1.54, 1.807) is 0 Å². The number of ether oxygens (including phenoxy) is 1. The molecule has 1 aromatic heterocycles. The Hall–Kier alpha value is -0.940. The summed E-state index contributed by atoms with van der Waals surface area (Å²) in [6.45, 7) is 1.47. The van der Waals surface area contributed by atoms with Crippen molar-refractivity contribution in [1.82, 2.24) is 10.1 Å². The van der Waals surface area contributed by atoms with Gasteiger partial charge in [-0.3, -0.25) is 0 Å². The molecule has 1 saturated carbocycles. The van der Waals surface area contributed by atoms with Crippen molar-refractivity contribution in [1.29, 1.82) is 0 Å². The van der Waals surface area contributed by atoms with Gasteiger partial charge in [0.1, 0.15) is 0 Å². The maximum Gasteiger partial charge on any atom is 0.234 e. The van der Waals surface area contributed by atoms with E-state index in [2.05, 4.69) is 10.1 Å². The van der Waals surface area contributed by atoms with Gasteiger partial charge in [0.25, 0.3) is 0 Å². The van der Waals surface area contributed by atoms with Gasteiger partial charge in [-0.1, -0.05) is 18.0 Å². The summed E-state index contributed by atoms with van der Waals surface area (Å²) in [4.78, 5) is 4.56. The molecule has 5 heteroatoms. The second-order valence-electron chi connectivity index (χ2n) is 5.55. The lowest BCUT2D eigenvalue weighted by molar-refractivity contribution is 0.109. The molecule has 18 heavy (non-hydrogen) atoms. The first kappa shape index (κ1) is 12.1. The van der Waals surface area contributed by atoms with Crippen LogP contribution in [0.25, 0.3) is 0 Å². The fraction of sp³-hybridized carbons (Fsp3) is 0.846. The monoisotopic (exact) mass is 251 g/mol. The molecule has 2 fully saturated rings. The van der Waals surface area contributed by atoms with E-state index < -0.39 is 0 Å². The summed E-state index contributed by atoms with van der Waals surface area (Å²) in [7, 11) is 0. The zero-order chi connectivity index (χ0) is 12.4. The predicted molar refractivity (Wildman–Crippen MR) is 66.2 cm³/mol. The van der Waals surface area contributed by atoms with Crippen molar-refractivity contribution in [3.05, 3.63) is 11.7 Å². The molecule has 1 saturated heterocycles. The average Bonchev–Trinajstić information content (AvgIpc) is 3.10. The van der Waals surface area contributed by atoms with E-state index in [4.69, 9.17) is 15.0 Å². The molecular formula is C13H21N3O2. The van der Waals surface area contributed by atoms with Gasteiger partial charge in [-0.15, -0.1) is 0 Å². The van der Waals surface area contributed by atoms with Crippen LogP contribution >= 0.6 is 0 Å². The maximum absolute atomic E-state index is 5.92. The standard InChI is InChI=1S/C13H21N3O2/c14-9-13(5-1-2-6-13)12-15-11(16-18-12)8-10-4-3-7-17-10/h10H,1-9,14H2. The highest BCUT2D eigenvalue weighted by Crippen LogP contribution is 2.39. The third-order valence-electron chi connectivity index (χ3n) is 4.31. The predicted octanol–water partition coefficient (Wildman–Crippen LogP) is 1.56. The Kier molecular flexibility index (Phi) is 3.35. The molecule has 1 unspecified atom stereocenters. The van der Waals surface area contributed by atoms with Gasteiger partial charge < -0.3 is 15.0 Å². The van der Waals surface area contributed by atoms with Crippen LogP contribution < -0.4 is 5.73 Å². The Morgan fingerprint density at radius 3 is 2.78 bits per heavy atom. The molecule has 2 N–H and O–H groups in total. The number of hydrogen-bond acceptors (Lipinski definition) is 5. The van der Waals surface area contributed by atoms with Crippen molar-refractivity contribution >= 4 is 0 Å². The average molecular weight is 251 g/mol. The van der Waals surface area contributed by atoms with E-state index in [9.17, 15) is 0 Å². The molecule has 0 aromatic carbocycles. The van der Waals surface area contributed by atoms with E-state index in [-0.39, 0.29) is 11.5 Å². The quantitative estimate of drug-likeness (QED) is 0.879. The van der Waals surface area contributed by atoms with Crippen LogP contribution in [0.1, 0.15) is 50.2 Å². The van der Waals surface area contributed by atoms with Crippen molar-refractivity contribution in [2.75, 3.05) is 13.2 Å². The van der Waals surface area contributed by atoms with Crippen LogP contribution in [0.15, 0.2) is 4.52 Å². The molecular weight excluding hydrogens is 230 g/mol. The largest absolute Gasteiger partial charge is 0.378 e. The molecule has 0 bridgehead atoms. The van der Waals surface area contributed by atoms with Crippen LogP contribution in [0, 0.1) is 0 Å². The minimum absolute atomic E-state index is 0.0538. The minimum Gasteiger partial charge on any atom is -0.378 e. The molecule has 100 valence electrons. The van der Waals surface area contributed by atoms with Crippen molar-refractivity contribution in [2.24, 2.45) is 5.73 Å². The van der Waals surface area contributed by atoms with Crippen LogP contribution in [0.4, 0.5) is 0 Å². The molecule has 0 amide bonds. The molecule has 0 radical (unpaired) electrons. The third-order valence-corrected chi connectivity index (χ3v) is 4.31. The minimum atomic E-state index is -0.0538. The summed E-state index contributed by atoms with van der Waals surface area (Å²) in [5.74, 6) is 1.52. The van der Waals surface area contributed by atoms with Crippen molar-refractivity contribution in [3.63, 3.8) is 0 Å². The van der Waals surface area contributed by atoms with Gasteiger partial charge >= 0.3 is 0 Å². The Balaban J connectivity index is 1.71. The first-order chi connectivity index (χ1) is 8.82. The number of aromatic nitrogens is 2. The number of nitrogens with zero attached hydrogens (tertiary/aromatic N) is 2. The number of rotatable bonds is 4. The summed E-state index contributed by atoms with van der Waals surface area (Å²) >= 11 is 0. The number of nitrogens with two attached hydrogens (primary N) is 1. The summed E-state index contributed by atoms with van der Waals surface area (Å²) < 4.78 is 11.1. The second kappa shape index (κ2) is 4.97. The van der Waals surface area contributed by atoms with Crippen LogP contribution in [0.5, 0.6) is 0 Å². The van der Waals surface area contributed by atoms with Crippen LogP contribution in [-0.4, -0.2) is 29.4 Å². The molecule has 5 nitrogen and oxygen atoms in total. The molecule has 2 heterocycles. The van der Waals surface area contributed by atoms with Gasteiger partial charge in [0.2, 0.25) is 5.89 Å². The molecule has 2 aliphatic rings. The molecule has 0 spiro atoms. The SMILES string of the molecule is NCC1(c2nc(CC3CCCO3)no2)CCCC1. The van der Waals surface area contributed by atoms with Gasteiger partial charge in [0.15, 0.2) is 5.82 Å². The summed E-state index contributed by atoms with van der Waals surface area (Å²) in [5.41, 5.74) is 5.87. The van der Waals surface area contributed by atoms with Gasteiger partial charge in [-0.25, -0.2) is 0 Å². The normalized spacial score (nSPS) is 26.8. The first-order valence-corrected chi connectivity index (χ1v) is 6.97. The maximum atomic E-state index is 5.92. The highest BCUT2D eigenvalue weighted by molar-refractivity contribution is 5.09. The second-order valence-corrected chi connectivity index (χ2v) is 5.55. The lowest BCUT2D eigenvalue weighted by Crippen LogP contribution is -2.32. The van der Waals surface area contributed by atoms with Gasteiger partial charge in [0.05, 0.1) is 11.5 Å². The molecule has 1 aromatic rings. The van der Waals surface area contributed by atoms with E-state index in [0.717, 1.165) is 50.4 Å². The van der Waals surface area contributed by atoms with E-state index >= 15 is 0 Å². The highest BCUT2D eigenvalue weighted by atomic mass is 16.5. The van der Waals surface area contributed by atoms with Gasteiger partial charge in [-0.05, 0) is 25.7 Å². The smallest absolute Gasteiger partial charge is 0.234 e. The fourth-order valence-corrected chi connectivity index (χ4v) is 3.12. The topological polar surface area (TPSA) is 74.2 Å². The first-order valence-electron chi connectivity index (χ1n) is 6.97. The Bertz CT molecular complexity index is 393. The Morgan fingerprint density at radius 1 is 1.28 bits per heavy atom. The van der Waals surface area contributed by atoms with E-state index in [1.807, 2.05) is 0 Å². The molecule has 3 rings (SSSR count). The lowest BCUT2D eigenvalue weighted by Gasteiger charge is -2.21. The Labute approximate surface area is 107 Å². The fourth-order valence-electron chi connectivity index (χ4n) is 3.12. The molecule has 1 atom stereocenters. The van der Waals surface area contributed by atoms with E-state index in [0.29, 0.717) is 6.54 Å². The lowest BCUT2D eigenvalue weighted by atomic mass is 9.86. The molecule has 1 aliphatic heterocycles. The highest BCUT2D eigenvalue weighted by Gasteiger charge is 2.39. The van der Waals surface area contributed by atoms with Crippen LogP contribution in [-0.2, 0) is 16.6 Å². The van der Waals surface area contributed by atoms with Gasteiger partial charge in [0, 0.05) is 19.6 Å². The zero-order valence-electron chi connectivity index (χ0n) is 10.7. The zero-order valence-corrected chi connectivity index (χ0v) is 10.7. The van der Waals surface area contributed by atoms with Crippen molar-refractivity contribution in [2.45, 2.75) is 56.5 Å². The number of hydrogen-bond donors (Lipinski definition) is 1. The Morgan fingerprint density at radius 2 is 2.11 bits per heavy atom. The summed E-state index contributed by atoms with van der Waals surface area (Å²) in [5, 5.41) is 4.10. The summed E-state index contributed by atoms with van der Waals surface area (Å²) in [6.07, 6.45) is 7.85. The summed E-state index contributed by atoms with van der Waals surface area (Å²) in [6, 6.07) is 0. The van der Waals surface area contributed by atoms with Crippen molar-refractivity contribution in [3.8, 4) is 0 Å². The van der Waals surface area contributed by atoms with Gasteiger partial charge in [-0.2, -0.15) is 4.98 Å². The van der Waals surface area contributed by atoms with Crippen molar-refractivity contribution < 1.29 is 9.26 Å². The molecule has 1 aliphatic carbocycles. The third kappa shape index (κ3) is 2.17.